The van der Waals surface area contributed by atoms with Crippen LogP contribution in [-0.2, 0) is 0 Å². The SMILES string of the molecule is CC.CC.CC.CC.CC(C)(C)C.CC(C)(C)C.c1ccccc1. The summed E-state index contributed by atoms with van der Waals surface area (Å²) >= 11 is 0. The summed E-state index contributed by atoms with van der Waals surface area (Å²) in [6, 6.07) is 12.0. The zero-order valence-electron chi connectivity index (χ0n) is 20.5. The van der Waals surface area contributed by atoms with Gasteiger partial charge in [0.15, 0.2) is 0 Å². The molecule has 24 heavy (non-hydrogen) atoms. The first-order valence-corrected chi connectivity index (χ1v) is 10.0. The first-order valence-electron chi connectivity index (χ1n) is 10.0. The van der Waals surface area contributed by atoms with Gasteiger partial charge in [0.05, 0.1) is 0 Å². The van der Waals surface area contributed by atoms with Crippen LogP contribution in [0.5, 0.6) is 0 Å². The topological polar surface area (TPSA) is 0 Å². The van der Waals surface area contributed by atoms with Crippen LogP contribution in [-0.4, -0.2) is 0 Å². The lowest BCUT2D eigenvalue weighted by Crippen LogP contribution is -1.93. The largest absolute Gasteiger partial charge is 0.0683 e. The van der Waals surface area contributed by atoms with Gasteiger partial charge in [-0.1, -0.05) is 147 Å². The molecule has 150 valence electrons. The third-order valence-corrected chi connectivity index (χ3v) is 0.667. The van der Waals surface area contributed by atoms with E-state index in [1.807, 2.05) is 91.8 Å². The Hall–Kier alpha value is -0.780. The zero-order valence-corrected chi connectivity index (χ0v) is 20.5. The third kappa shape index (κ3) is 318. The zero-order chi connectivity index (χ0) is 21.2. The smallest absolute Gasteiger partial charge is 0.0411 e. The second kappa shape index (κ2) is 33.7. The molecule has 0 N–H and O–H groups in total. The molecule has 0 spiro atoms. The predicted octanol–water partition coefficient (Wildman–Crippen LogP) is 9.90. The van der Waals surface area contributed by atoms with E-state index in [0.717, 1.165) is 0 Å². The van der Waals surface area contributed by atoms with Gasteiger partial charge in [0, 0.05) is 0 Å². The molecule has 0 heterocycles. The molecule has 0 aliphatic heterocycles. The van der Waals surface area contributed by atoms with Crippen molar-refractivity contribution in [3.05, 3.63) is 36.4 Å². The average Bonchev–Trinajstić information content (AvgIpc) is 2.54. The highest BCUT2D eigenvalue weighted by atomic mass is 14.0. The second-order valence-electron chi connectivity index (χ2n) is 7.15. The van der Waals surface area contributed by atoms with Crippen LogP contribution in [0, 0.1) is 10.8 Å². The van der Waals surface area contributed by atoms with Crippen molar-refractivity contribution in [2.45, 2.75) is 111 Å². The van der Waals surface area contributed by atoms with Gasteiger partial charge in [0.25, 0.3) is 0 Å². The predicted molar refractivity (Wildman–Crippen MR) is 122 cm³/mol. The van der Waals surface area contributed by atoms with Crippen molar-refractivity contribution >= 4 is 0 Å². The van der Waals surface area contributed by atoms with Gasteiger partial charge in [-0.15, -0.1) is 0 Å². The summed E-state index contributed by atoms with van der Waals surface area (Å²) in [6.07, 6.45) is 0. The number of hydrogen-bond donors (Lipinski definition) is 0. The van der Waals surface area contributed by atoms with Crippen molar-refractivity contribution < 1.29 is 0 Å². The van der Waals surface area contributed by atoms with Crippen molar-refractivity contribution in [1.82, 2.24) is 0 Å². The average molecular weight is 343 g/mol. The molecule has 0 aromatic heterocycles. The maximum atomic E-state index is 2.19. The highest BCUT2D eigenvalue weighted by molar-refractivity contribution is 4.99. The fourth-order valence-corrected chi connectivity index (χ4v) is 0.385. The molecule has 0 heteroatoms. The molecule has 0 aliphatic rings. The first kappa shape index (κ1) is 38.7. The van der Waals surface area contributed by atoms with E-state index in [1.165, 1.54) is 0 Å². The minimum absolute atomic E-state index is 0.500. The Bertz CT molecular complexity index is 170. The number of benzene rings is 1. The Kier molecular flexibility index (Phi) is 54.4. The lowest BCUT2D eigenvalue weighted by Gasteiger charge is -2.05. The van der Waals surface area contributed by atoms with E-state index in [0.29, 0.717) is 10.8 Å². The third-order valence-electron chi connectivity index (χ3n) is 0.667. The Morgan fingerprint density at radius 3 is 0.375 bits per heavy atom. The normalized spacial score (nSPS) is 8.00. The van der Waals surface area contributed by atoms with E-state index in [4.69, 9.17) is 0 Å². The fourth-order valence-electron chi connectivity index (χ4n) is 0.385. The Morgan fingerprint density at radius 1 is 0.292 bits per heavy atom. The van der Waals surface area contributed by atoms with Crippen LogP contribution in [0.2, 0.25) is 0 Å². The van der Waals surface area contributed by atoms with Crippen LogP contribution in [0.25, 0.3) is 0 Å². The van der Waals surface area contributed by atoms with Crippen molar-refractivity contribution in [2.24, 2.45) is 10.8 Å². The van der Waals surface area contributed by atoms with Crippen molar-refractivity contribution in [2.75, 3.05) is 0 Å². The molecule has 1 aromatic rings. The van der Waals surface area contributed by atoms with Crippen molar-refractivity contribution in [1.29, 1.82) is 0 Å². The Labute approximate surface area is 158 Å². The Balaban J connectivity index is -0.0000000421. The minimum atomic E-state index is 0.500. The summed E-state index contributed by atoms with van der Waals surface area (Å²) in [5.41, 5.74) is 1.00. The molecule has 1 rings (SSSR count). The Morgan fingerprint density at radius 2 is 0.333 bits per heavy atom. The highest BCUT2D eigenvalue weighted by Gasteiger charge is 1.96. The van der Waals surface area contributed by atoms with Gasteiger partial charge in [-0.05, 0) is 10.8 Å². The van der Waals surface area contributed by atoms with Gasteiger partial charge in [-0.25, -0.2) is 0 Å². The van der Waals surface area contributed by atoms with Gasteiger partial charge in [0.2, 0.25) is 0 Å². The summed E-state index contributed by atoms with van der Waals surface area (Å²) in [6.45, 7) is 33.5. The van der Waals surface area contributed by atoms with Gasteiger partial charge < -0.3 is 0 Å². The lowest BCUT2D eigenvalue weighted by molar-refractivity contribution is 0.469. The van der Waals surface area contributed by atoms with Crippen LogP contribution in [0.1, 0.15) is 111 Å². The van der Waals surface area contributed by atoms with Crippen LogP contribution in [0.4, 0.5) is 0 Å². The number of rotatable bonds is 0. The minimum Gasteiger partial charge on any atom is -0.0683 e. The molecular weight excluding hydrogens is 288 g/mol. The molecule has 0 atom stereocenters. The fraction of sp³-hybridized carbons (Fsp3) is 0.750. The second-order valence-corrected chi connectivity index (χ2v) is 7.15. The van der Waals surface area contributed by atoms with Gasteiger partial charge >= 0.3 is 0 Å². The van der Waals surface area contributed by atoms with E-state index in [1.54, 1.807) is 0 Å². The summed E-state index contributed by atoms with van der Waals surface area (Å²) in [5, 5.41) is 0. The standard InChI is InChI=1S/C6H6.2C5H12.4C2H6/c1-2-4-6-5-3-1;2*1-5(2,3)4;4*1-2/h1-6H;2*1-4H3;4*1-2H3. The van der Waals surface area contributed by atoms with Crippen molar-refractivity contribution in [3.8, 4) is 0 Å². The van der Waals surface area contributed by atoms with E-state index >= 15 is 0 Å². The van der Waals surface area contributed by atoms with Crippen LogP contribution >= 0.6 is 0 Å². The molecule has 0 nitrogen and oxygen atoms in total. The summed E-state index contributed by atoms with van der Waals surface area (Å²) in [7, 11) is 0. The molecule has 0 unspecified atom stereocenters. The molecule has 1 aromatic carbocycles. The van der Waals surface area contributed by atoms with E-state index < -0.39 is 0 Å². The summed E-state index contributed by atoms with van der Waals surface area (Å²) in [5.74, 6) is 0. The maximum absolute atomic E-state index is 2.19. The molecule has 0 saturated heterocycles. The van der Waals surface area contributed by atoms with E-state index in [9.17, 15) is 0 Å². The van der Waals surface area contributed by atoms with E-state index in [2.05, 4.69) is 55.4 Å². The quantitative estimate of drug-likeness (QED) is 0.440. The molecule has 0 fully saturated rings. The number of hydrogen-bond acceptors (Lipinski definition) is 0. The van der Waals surface area contributed by atoms with E-state index in [-0.39, 0.29) is 0 Å². The maximum Gasteiger partial charge on any atom is -0.0411 e. The van der Waals surface area contributed by atoms with Gasteiger partial charge in [-0.2, -0.15) is 0 Å². The van der Waals surface area contributed by atoms with Gasteiger partial charge in [-0.3, -0.25) is 0 Å². The first-order chi connectivity index (χ1) is 11.0. The van der Waals surface area contributed by atoms with Crippen LogP contribution in [0.3, 0.4) is 0 Å². The molecule has 0 radical (unpaired) electrons. The van der Waals surface area contributed by atoms with Gasteiger partial charge in [0.1, 0.15) is 0 Å². The monoisotopic (exact) mass is 342 g/mol. The molecule has 0 amide bonds. The molecule has 0 bridgehead atoms. The van der Waals surface area contributed by atoms with Crippen molar-refractivity contribution in [3.63, 3.8) is 0 Å². The highest BCUT2D eigenvalue weighted by Crippen LogP contribution is 2.08. The van der Waals surface area contributed by atoms with Crippen LogP contribution in [0.15, 0.2) is 36.4 Å². The summed E-state index contributed by atoms with van der Waals surface area (Å²) in [4.78, 5) is 0. The summed E-state index contributed by atoms with van der Waals surface area (Å²) < 4.78 is 0. The lowest BCUT2D eigenvalue weighted by atomic mass is 10.0. The molecule has 0 saturated carbocycles. The molecular formula is C24H54. The van der Waals surface area contributed by atoms with Crippen LogP contribution < -0.4 is 0 Å². The molecule has 0 aliphatic carbocycles.